The predicted octanol–water partition coefficient (Wildman–Crippen LogP) is 6.71. The van der Waals surface area contributed by atoms with Gasteiger partial charge in [0.05, 0.1) is 15.5 Å². The quantitative estimate of drug-likeness (QED) is 0.112. The summed E-state index contributed by atoms with van der Waals surface area (Å²) >= 11 is 1.46. The van der Waals surface area contributed by atoms with E-state index in [-0.39, 0.29) is 10.5 Å². The monoisotopic (exact) mass is 716 g/mol. The highest BCUT2D eigenvalue weighted by Crippen LogP contribution is 2.31. The van der Waals surface area contributed by atoms with E-state index in [1.165, 1.54) is 23.5 Å². The third kappa shape index (κ3) is 7.78. The highest BCUT2D eigenvalue weighted by atomic mass is 32.2. The minimum Gasteiger partial charge on any atom is -0.398 e. The lowest BCUT2D eigenvalue weighted by Gasteiger charge is -2.23. The van der Waals surface area contributed by atoms with E-state index in [4.69, 9.17) is 8.97 Å². The van der Waals surface area contributed by atoms with Crippen molar-refractivity contribution in [3.8, 4) is 11.1 Å². The molecule has 0 amide bonds. The van der Waals surface area contributed by atoms with Crippen molar-refractivity contribution in [2.45, 2.75) is 31.8 Å². The summed E-state index contributed by atoms with van der Waals surface area (Å²) in [5, 5.41) is 0. The molecule has 0 bridgehead atoms. The highest BCUT2D eigenvalue weighted by Gasteiger charge is 2.21. The fourth-order valence-corrected chi connectivity index (χ4v) is 7.28. The Bertz CT molecular complexity index is 2580. The maximum Gasteiger partial charge on any atom is 0.377 e. The third-order valence-corrected chi connectivity index (χ3v) is 10.4. The maximum atomic E-state index is 13.4. The van der Waals surface area contributed by atoms with Gasteiger partial charge in [0.25, 0.3) is 21.2 Å². The lowest BCUT2D eigenvalue weighted by atomic mass is 10.00. The molecule has 4 aromatic carbocycles. The van der Waals surface area contributed by atoms with E-state index >= 15 is 0 Å². The lowest BCUT2D eigenvalue weighted by molar-refractivity contribution is -0.674. The Balaban J connectivity index is 0.000000349. The molecule has 0 radical (unpaired) electrons. The van der Waals surface area contributed by atoms with Gasteiger partial charge in [-0.1, -0.05) is 84.4 Å². The van der Waals surface area contributed by atoms with Crippen molar-refractivity contribution in [3.05, 3.63) is 165 Å². The number of allylic oxidation sites excluding steroid dienone is 4. The van der Waals surface area contributed by atoms with Gasteiger partial charge in [-0.05, 0) is 67.0 Å². The Hall–Kier alpha value is -5.55. The van der Waals surface area contributed by atoms with Gasteiger partial charge in [-0.25, -0.2) is 0 Å². The van der Waals surface area contributed by atoms with Gasteiger partial charge >= 0.3 is 5.89 Å². The van der Waals surface area contributed by atoms with Crippen LogP contribution in [0.2, 0.25) is 0 Å². The van der Waals surface area contributed by atoms with E-state index in [1.54, 1.807) is 22.8 Å². The molecule has 0 saturated heterocycles. The molecule has 258 valence electrons. The first kappa shape index (κ1) is 35.3. The summed E-state index contributed by atoms with van der Waals surface area (Å²) in [6.07, 6.45) is 11.8. The first-order valence-electron chi connectivity index (χ1n) is 16.4. The van der Waals surface area contributed by atoms with E-state index < -0.39 is 10.1 Å². The molecule has 1 aliphatic rings. The van der Waals surface area contributed by atoms with Crippen LogP contribution in [-0.4, -0.2) is 24.6 Å². The van der Waals surface area contributed by atoms with Crippen molar-refractivity contribution < 1.29 is 22.0 Å². The normalized spacial score (nSPS) is 14.1. The van der Waals surface area contributed by atoms with Crippen LogP contribution in [0, 0.1) is 6.92 Å². The Morgan fingerprint density at radius 1 is 0.941 bits per heavy atom. The molecule has 0 aliphatic carbocycles. The zero-order chi connectivity index (χ0) is 36.1. The smallest absolute Gasteiger partial charge is 0.377 e. The van der Waals surface area contributed by atoms with Crippen LogP contribution >= 0.6 is 11.3 Å². The largest absolute Gasteiger partial charge is 0.398 e. The summed E-state index contributed by atoms with van der Waals surface area (Å²) < 4.78 is 41.2. The Morgan fingerprint density at radius 2 is 1.67 bits per heavy atom. The second kappa shape index (κ2) is 15.1. The van der Waals surface area contributed by atoms with Crippen LogP contribution in [0.5, 0.6) is 0 Å². The number of thiazole rings is 1. The summed E-state index contributed by atoms with van der Waals surface area (Å²) in [5.41, 5.74) is 8.39. The van der Waals surface area contributed by atoms with Gasteiger partial charge in [0, 0.05) is 37.1 Å². The molecule has 0 atom stereocenters. The summed E-state index contributed by atoms with van der Waals surface area (Å²) in [6.45, 7) is 8.98. The molecule has 51 heavy (non-hydrogen) atoms. The Labute approximate surface area is 300 Å². The highest BCUT2D eigenvalue weighted by molar-refractivity contribution is 7.85. The molecule has 0 unspecified atom stereocenters. The van der Waals surface area contributed by atoms with Crippen molar-refractivity contribution in [1.82, 2.24) is 4.57 Å². The SMILES string of the molecule is C=CCn1c(=Cc2oc3ccc(-c4ccccc4)cc3[n+]2CC)s/c(=C/C=C2\C=CN(C)c3ccccc32)c1=O.Cc1ccc(S(=O)(=O)O)cc1. The number of aryl methyl sites for hydroxylation is 2. The van der Waals surface area contributed by atoms with E-state index in [2.05, 4.69) is 65.4 Å². The molecule has 0 fully saturated rings. The Kier molecular flexibility index (Phi) is 10.5. The molecule has 3 heterocycles. The lowest BCUT2D eigenvalue weighted by Crippen LogP contribution is -2.35. The molecule has 0 saturated carbocycles. The van der Waals surface area contributed by atoms with Crippen molar-refractivity contribution in [3.63, 3.8) is 0 Å². The van der Waals surface area contributed by atoms with E-state index in [0.29, 0.717) is 17.0 Å². The van der Waals surface area contributed by atoms with Gasteiger partial charge in [-0.15, -0.1) is 17.9 Å². The van der Waals surface area contributed by atoms with Crippen LogP contribution in [0.15, 0.2) is 142 Å². The first-order valence-corrected chi connectivity index (χ1v) is 18.6. The number of benzene rings is 4. The van der Waals surface area contributed by atoms with Crippen LogP contribution in [0.1, 0.15) is 23.9 Å². The summed E-state index contributed by atoms with van der Waals surface area (Å²) in [5.74, 6) is 0.707. The molecule has 7 rings (SSSR count). The molecule has 1 N–H and O–H groups in total. The van der Waals surface area contributed by atoms with Crippen LogP contribution in [0.4, 0.5) is 5.69 Å². The van der Waals surface area contributed by atoms with Gasteiger partial charge in [0.15, 0.2) is 0 Å². The van der Waals surface area contributed by atoms with E-state index in [0.717, 1.165) is 55.8 Å². The fraction of sp³-hybridized carbons (Fsp3) is 0.122. The average Bonchev–Trinajstić information content (AvgIpc) is 3.63. The molecule has 6 aromatic rings. The fourth-order valence-electron chi connectivity index (χ4n) is 5.82. The number of nitrogens with zero attached hydrogens (tertiary/aromatic N) is 3. The van der Waals surface area contributed by atoms with Gasteiger partial charge in [0.1, 0.15) is 11.2 Å². The van der Waals surface area contributed by atoms with Crippen LogP contribution < -0.4 is 24.2 Å². The van der Waals surface area contributed by atoms with Gasteiger partial charge in [0.2, 0.25) is 5.58 Å². The predicted molar refractivity (Wildman–Crippen MR) is 207 cm³/mol. The minimum absolute atomic E-state index is 0.0382. The van der Waals surface area contributed by atoms with Gasteiger partial charge < -0.3 is 9.32 Å². The third-order valence-electron chi connectivity index (χ3n) is 8.45. The summed E-state index contributed by atoms with van der Waals surface area (Å²) in [6, 6.07) is 30.9. The molecule has 1 aliphatic heterocycles. The van der Waals surface area contributed by atoms with Crippen LogP contribution in [0.3, 0.4) is 0 Å². The number of anilines is 1. The molecule has 0 spiro atoms. The second-order valence-corrected chi connectivity index (χ2v) is 14.4. The Morgan fingerprint density at radius 3 is 2.37 bits per heavy atom. The number of hydrogen-bond donors (Lipinski definition) is 1. The molecule has 10 heteroatoms. The zero-order valence-corrected chi connectivity index (χ0v) is 30.2. The van der Waals surface area contributed by atoms with Crippen molar-refractivity contribution in [2.24, 2.45) is 0 Å². The standard InChI is InChI=1S/C34H30N3O2S.C7H8O3S/c1-4-20-37-33(40-31(34(37)38)18-16-25-19-21-35(3)28-14-10-9-13-27(25)28)23-32-36(5-2)29-22-26(15-17-30(29)39-32)24-11-7-6-8-12-24;1-6-2-4-7(5-3-6)11(8,9)10/h4,6-19,21-23H,1,5,20H2,2-3H3;2-5H,1H3,(H,8,9,10)/q+1;/b25-16+,31-18+;. The first-order chi connectivity index (χ1) is 24.6. The van der Waals surface area contributed by atoms with Gasteiger partial charge in [-0.3, -0.25) is 13.9 Å². The average molecular weight is 717 g/mol. The van der Waals surface area contributed by atoms with Crippen LogP contribution in [0.25, 0.3) is 40.0 Å². The molecule has 8 nitrogen and oxygen atoms in total. The van der Waals surface area contributed by atoms with Crippen molar-refractivity contribution in [2.75, 3.05) is 11.9 Å². The number of rotatable bonds is 7. The number of fused-ring (bicyclic) bond motifs is 2. The number of para-hydroxylation sites is 1. The summed E-state index contributed by atoms with van der Waals surface area (Å²) in [4.78, 5) is 15.5. The molecular formula is C41H38N3O5S2+. The maximum absolute atomic E-state index is 13.4. The number of aromatic nitrogens is 2. The summed E-state index contributed by atoms with van der Waals surface area (Å²) in [7, 11) is -1.98. The van der Waals surface area contributed by atoms with Crippen LogP contribution in [-0.2, 0) is 23.2 Å². The van der Waals surface area contributed by atoms with Gasteiger partial charge in [-0.2, -0.15) is 13.0 Å². The minimum atomic E-state index is -4.02. The zero-order valence-electron chi connectivity index (χ0n) is 28.6. The van der Waals surface area contributed by atoms with Crippen molar-refractivity contribution >= 4 is 56.0 Å². The van der Waals surface area contributed by atoms with Crippen molar-refractivity contribution in [1.29, 1.82) is 0 Å². The van der Waals surface area contributed by atoms with E-state index in [1.807, 2.05) is 74.8 Å². The topological polar surface area (TPSA) is 96.6 Å². The number of oxazole rings is 1. The molecule has 2 aromatic heterocycles. The van der Waals surface area contributed by atoms with E-state index in [9.17, 15) is 13.2 Å². The second-order valence-electron chi connectivity index (χ2n) is 11.9. The number of hydrogen-bond acceptors (Lipinski definition) is 6. The molecular weight excluding hydrogens is 679 g/mol.